The van der Waals surface area contributed by atoms with Crippen LogP contribution in [0, 0.1) is 13.0 Å². The van der Waals surface area contributed by atoms with Crippen LogP contribution < -0.4 is 0 Å². The Labute approximate surface area is 86.8 Å². The average molecular weight is 197 g/mol. The molecule has 0 unspecified atom stereocenters. The Morgan fingerprint density at radius 2 is 2.07 bits per heavy atom. The van der Waals surface area contributed by atoms with E-state index in [0.29, 0.717) is 0 Å². The second kappa shape index (κ2) is 2.82. The van der Waals surface area contributed by atoms with Crippen LogP contribution in [-0.2, 0) is 0 Å². The van der Waals surface area contributed by atoms with Crippen LogP contribution in [0.5, 0.6) is 0 Å². The van der Waals surface area contributed by atoms with E-state index in [9.17, 15) is 0 Å². The van der Waals surface area contributed by atoms with E-state index in [1.165, 1.54) is 25.7 Å². The Morgan fingerprint density at radius 3 is 3.00 bits per heavy atom. The molecule has 0 saturated heterocycles. The van der Waals surface area contributed by atoms with Crippen LogP contribution in [-0.4, -0.2) is 0 Å². The molecule has 14 heavy (non-hydrogen) atoms. The third kappa shape index (κ3) is 0.992. The zero-order chi connectivity index (χ0) is 9.54. The molecule has 1 aromatic heterocycles. The van der Waals surface area contributed by atoms with Crippen LogP contribution in [0.4, 0.5) is 0 Å². The van der Waals surface area contributed by atoms with Crippen LogP contribution >= 0.6 is 11.3 Å². The second-order valence-electron chi connectivity index (χ2n) is 3.48. The number of hydrogen-bond acceptors (Lipinski definition) is 1. The van der Waals surface area contributed by atoms with Crippen LogP contribution in [0.25, 0.3) is 20.2 Å². The molecular formula is C13H9S. The van der Waals surface area contributed by atoms with Crippen molar-refractivity contribution in [3.8, 4) is 0 Å². The molecular weight excluding hydrogens is 188 g/mol. The molecule has 1 heterocycles. The van der Waals surface area contributed by atoms with E-state index in [2.05, 4.69) is 43.3 Å². The molecule has 0 aliphatic heterocycles. The third-order valence-electron chi connectivity index (χ3n) is 2.54. The fraction of sp³-hybridized carbons (Fsp3) is 0.0769. The van der Waals surface area contributed by atoms with Crippen molar-refractivity contribution < 1.29 is 0 Å². The van der Waals surface area contributed by atoms with Crippen molar-refractivity contribution in [1.82, 2.24) is 0 Å². The van der Waals surface area contributed by atoms with Crippen molar-refractivity contribution in [3.63, 3.8) is 0 Å². The summed E-state index contributed by atoms with van der Waals surface area (Å²) < 4.78 is 2.76. The molecule has 0 aliphatic rings. The smallest absolute Gasteiger partial charge is 0.0384 e. The van der Waals surface area contributed by atoms with E-state index in [4.69, 9.17) is 0 Å². The van der Waals surface area contributed by atoms with Gasteiger partial charge in [-0.25, -0.2) is 0 Å². The molecule has 0 aliphatic carbocycles. The Hall–Kier alpha value is -1.34. The topological polar surface area (TPSA) is 0 Å². The van der Waals surface area contributed by atoms with Gasteiger partial charge >= 0.3 is 0 Å². The van der Waals surface area contributed by atoms with E-state index >= 15 is 0 Å². The Kier molecular flexibility index (Phi) is 1.62. The van der Waals surface area contributed by atoms with E-state index in [1.54, 1.807) is 0 Å². The van der Waals surface area contributed by atoms with Crippen LogP contribution in [0.3, 0.4) is 0 Å². The van der Waals surface area contributed by atoms with Gasteiger partial charge in [0.2, 0.25) is 0 Å². The average Bonchev–Trinajstić information content (AvgIpc) is 2.59. The van der Waals surface area contributed by atoms with Crippen molar-refractivity contribution in [2.24, 2.45) is 0 Å². The largest absolute Gasteiger partial charge is 0.135 e. The summed E-state index contributed by atoms with van der Waals surface area (Å²) in [5.41, 5.74) is 1.36. The van der Waals surface area contributed by atoms with Crippen molar-refractivity contribution in [1.29, 1.82) is 0 Å². The van der Waals surface area contributed by atoms with Gasteiger partial charge < -0.3 is 0 Å². The van der Waals surface area contributed by atoms with Gasteiger partial charge in [-0.15, -0.1) is 11.3 Å². The molecule has 0 N–H and O–H groups in total. The highest BCUT2D eigenvalue weighted by molar-refractivity contribution is 7.26. The molecule has 0 atom stereocenters. The number of fused-ring (bicyclic) bond motifs is 3. The summed E-state index contributed by atoms with van der Waals surface area (Å²) in [6, 6.07) is 15.8. The summed E-state index contributed by atoms with van der Waals surface area (Å²) in [5.74, 6) is 0. The molecule has 3 rings (SSSR count). The maximum Gasteiger partial charge on any atom is 0.0384 e. The maximum absolute atomic E-state index is 3.14. The van der Waals surface area contributed by atoms with Gasteiger partial charge in [0.1, 0.15) is 0 Å². The lowest BCUT2D eigenvalue weighted by molar-refractivity contribution is 1.56. The van der Waals surface area contributed by atoms with Gasteiger partial charge in [0.25, 0.3) is 0 Å². The molecule has 0 bridgehead atoms. The molecule has 0 amide bonds. The lowest BCUT2D eigenvalue weighted by Crippen LogP contribution is -1.69. The van der Waals surface area contributed by atoms with Gasteiger partial charge in [0, 0.05) is 20.2 Å². The molecule has 0 spiro atoms. The summed E-state index contributed by atoms with van der Waals surface area (Å²) in [5, 5.41) is 2.69. The second-order valence-corrected chi connectivity index (χ2v) is 4.53. The number of benzene rings is 2. The third-order valence-corrected chi connectivity index (χ3v) is 3.86. The van der Waals surface area contributed by atoms with E-state index in [-0.39, 0.29) is 0 Å². The lowest BCUT2D eigenvalue weighted by atomic mass is 10.1. The van der Waals surface area contributed by atoms with Gasteiger partial charge in [-0.1, -0.05) is 24.3 Å². The molecule has 67 valence electrons. The molecule has 1 heteroatoms. The van der Waals surface area contributed by atoms with Crippen molar-refractivity contribution in [2.45, 2.75) is 6.92 Å². The zero-order valence-electron chi connectivity index (χ0n) is 7.87. The molecule has 2 aromatic carbocycles. The standard InChI is InChI=1S/C13H9S/c1-9-5-4-7-11-10-6-2-3-8-12(10)14-13(9)11/h3-8H,1H3. The van der Waals surface area contributed by atoms with Gasteiger partial charge in [-0.2, -0.15) is 0 Å². The minimum absolute atomic E-state index is 1.33. The van der Waals surface area contributed by atoms with E-state index < -0.39 is 0 Å². The molecule has 0 saturated carbocycles. The van der Waals surface area contributed by atoms with E-state index in [1.807, 2.05) is 17.4 Å². The number of rotatable bonds is 0. The first-order valence-corrected chi connectivity index (χ1v) is 5.46. The monoisotopic (exact) mass is 197 g/mol. The normalized spacial score (nSPS) is 11.2. The van der Waals surface area contributed by atoms with Crippen molar-refractivity contribution in [3.05, 3.63) is 48.0 Å². The van der Waals surface area contributed by atoms with Gasteiger partial charge in [0.15, 0.2) is 0 Å². The van der Waals surface area contributed by atoms with Crippen LogP contribution in [0.1, 0.15) is 5.56 Å². The van der Waals surface area contributed by atoms with Gasteiger partial charge in [-0.05, 0) is 30.7 Å². The lowest BCUT2D eigenvalue weighted by Gasteiger charge is -1.93. The summed E-state index contributed by atoms with van der Waals surface area (Å²) in [7, 11) is 0. The predicted molar refractivity (Wildman–Crippen MR) is 62.9 cm³/mol. The molecule has 0 nitrogen and oxygen atoms in total. The van der Waals surface area contributed by atoms with Crippen LogP contribution in [0.2, 0.25) is 0 Å². The summed E-state index contributed by atoms with van der Waals surface area (Å²) >= 11 is 1.87. The maximum atomic E-state index is 3.14. The van der Waals surface area contributed by atoms with Crippen LogP contribution in [0.15, 0.2) is 36.4 Å². The highest BCUT2D eigenvalue weighted by Gasteiger charge is 2.04. The Bertz CT molecular complexity index is 605. The first-order chi connectivity index (χ1) is 6.86. The summed E-state index contributed by atoms with van der Waals surface area (Å²) in [6.07, 6.45) is 0. The number of hydrogen-bond donors (Lipinski definition) is 0. The SMILES string of the molecule is Cc1cccc2c1sc1cc[c]cc12. The summed E-state index contributed by atoms with van der Waals surface area (Å²) in [4.78, 5) is 0. The highest BCUT2D eigenvalue weighted by atomic mass is 32.1. The highest BCUT2D eigenvalue weighted by Crippen LogP contribution is 2.34. The zero-order valence-corrected chi connectivity index (χ0v) is 8.69. The van der Waals surface area contributed by atoms with Gasteiger partial charge in [-0.3, -0.25) is 0 Å². The minimum Gasteiger partial charge on any atom is -0.135 e. The Morgan fingerprint density at radius 1 is 1.14 bits per heavy atom. The fourth-order valence-electron chi connectivity index (χ4n) is 1.83. The van der Waals surface area contributed by atoms with Crippen molar-refractivity contribution >= 4 is 31.5 Å². The van der Waals surface area contributed by atoms with Gasteiger partial charge in [0.05, 0.1) is 0 Å². The first-order valence-electron chi connectivity index (χ1n) is 4.64. The number of thiophene rings is 1. The molecule has 0 fully saturated rings. The fourth-order valence-corrected chi connectivity index (χ4v) is 2.98. The van der Waals surface area contributed by atoms with E-state index in [0.717, 1.165) is 0 Å². The first kappa shape index (κ1) is 8.01. The van der Waals surface area contributed by atoms with Crippen molar-refractivity contribution in [2.75, 3.05) is 0 Å². The summed E-state index contributed by atoms with van der Waals surface area (Å²) in [6.45, 7) is 2.17. The Balaban J connectivity index is 2.63. The predicted octanol–water partition coefficient (Wildman–Crippen LogP) is 4.16. The number of aryl methyl sites for hydroxylation is 1. The quantitative estimate of drug-likeness (QED) is 0.507. The molecule has 1 radical (unpaired) electrons. The minimum atomic E-state index is 1.33. The molecule has 3 aromatic rings.